The molecule has 0 saturated heterocycles. The predicted molar refractivity (Wildman–Crippen MR) is 90.8 cm³/mol. The Labute approximate surface area is 136 Å². The normalized spacial score (nSPS) is 11.5. The smallest absolute Gasteiger partial charge is 0.191 e. The lowest BCUT2D eigenvalue weighted by Gasteiger charge is -2.11. The van der Waals surface area contributed by atoms with Gasteiger partial charge < -0.3 is 10.6 Å². The van der Waals surface area contributed by atoms with Gasteiger partial charge in [0.05, 0.1) is 12.7 Å². The molecule has 0 bridgehead atoms. The molecule has 1 heterocycles. The Morgan fingerprint density at radius 1 is 1.35 bits per heavy atom. The van der Waals surface area contributed by atoms with Gasteiger partial charge in [0.15, 0.2) is 5.96 Å². The largest absolute Gasteiger partial charge is 0.357 e. The SMILES string of the molecule is CCNC(=NCc1cccc(F)c1)NCCCn1cc(C)cn1. The van der Waals surface area contributed by atoms with Crippen LogP contribution in [0.5, 0.6) is 0 Å². The number of guanidine groups is 1. The summed E-state index contributed by atoms with van der Waals surface area (Å²) in [7, 11) is 0. The first-order valence-electron chi connectivity index (χ1n) is 7.93. The van der Waals surface area contributed by atoms with Crippen LogP contribution >= 0.6 is 0 Å². The van der Waals surface area contributed by atoms with Crippen LogP contribution < -0.4 is 10.6 Å². The molecule has 2 aromatic rings. The lowest BCUT2D eigenvalue weighted by atomic mass is 10.2. The van der Waals surface area contributed by atoms with Crippen LogP contribution in [0.25, 0.3) is 0 Å². The van der Waals surface area contributed by atoms with Crippen LogP contribution in [0, 0.1) is 12.7 Å². The van der Waals surface area contributed by atoms with Crippen molar-refractivity contribution in [1.82, 2.24) is 20.4 Å². The Balaban J connectivity index is 1.79. The second-order valence-corrected chi connectivity index (χ2v) is 5.39. The van der Waals surface area contributed by atoms with E-state index >= 15 is 0 Å². The number of rotatable bonds is 7. The first kappa shape index (κ1) is 17.0. The van der Waals surface area contributed by atoms with Crippen LogP contribution in [0.15, 0.2) is 41.7 Å². The van der Waals surface area contributed by atoms with E-state index in [0.29, 0.717) is 6.54 Å². The minimum atomic E-state index is -0.231. The molecule has 6 heteroatoms. The third-order valence-electron chi connectivity index (χ3n) is 3.27. The van der Waals surface area contributed by atoms with Crippen molar-refractivity contribution >= 4 is 5.96 Å². The van der Waals surface area contributed by atoms with Gasteiger partial charge in [0.2, 0.25) is 0 Å². The summed E-state index contributed by atoms with van der Waals surface area (Å²) in [4.78, 5) is 4.48. The van der Waals surface area contributed by atoms with Gasteiger partial charge in [-0.15, -0.1) is 0 Å². The van der Waals surface area contributed by atoms with Crippen molar-refractivity contribution in [3.63, 3.8) is 0 Å². The second-order valence-electron chi connectivity index (χ2n) is 5.39. The average molecular weight is 317 g/mol. The molecule has 0 saturated carbocycles. The molecule has 0 atom stereocenters. The van der Waals surface area contributed by atoms with E-state index in [9.17, 15) is 4.39 Å². The van der Waals surface area contributed by atoms with Crippen LogP contribution in [-0.4, -0.2) is 28.8 Å². The number of hydrogen-bond acceptors (Lipinski definition) is 2. The molecule has 2 N–H and O–H groups in total. The molecule has 5 nitrogen and oxygen atoms in total. The quantitative estimate of drug-likeness (QED) is 0.469. The van der Waals surface area contributed by atoms with E-state index in [1.165, 1.54) is 17.7 Å². The highest BCUT2D eigenvalue weighted by Crippen LogP contribution is 2.04. The highest BCUT2D eigenvalue weighted by atomic mass is 19.1. The fourth-order valence-corrected chi connectivity index (χ4v) is 2.18. The van der Waals surface area contributed by atoms with Gasteiger partial charge in [-0.25, -0.2) is 9.38 Å². The maximum atomic E-state index is 13.2. The summed E-state index contributed by atoms with van der Waals surface area (Å²) in [5.74, 6) is 0.513. The number of aromatic nitrogens is 2. The van der Waals surface area contributed by atoms with Gasteiger partial charge in [-0.2, -0.15) is 5.10 Å². The van der Waals surface area contributed by atoms with Crippen LogP contribution in [0.3, 0.4) is 0 Å². The average Bonchev–Trinajstić information content (AvgIpc) is 2.94. The van der Waals surface area contributed by atoms with Crippen LogP contribution in [-0.2, 0) is 13.1 Å². The number of halogens is 1. The Hall–Kier alpha value is -2.37. The monoisotopic (exact) mass is 317 g/mol. The van der Waals surface area contributed by atoms with Crippen LogP contribution in [0.1, 0.15) is 24.5 Å². The number of nitrogens with zero attached hydrogens (tertiary/aromatic N) is 3. The lowest BCUT2D eigenvalue weighted by Crippen LogP contribution is -2.38. The fraction of sp³-hybridized carbons (Fsp3) is 0.412. The summed E-state index contributed by atoms with van der Waals surface area (Å²) < 4.78 is 15.1. The van der Waals surface area contributed by atoms with E-state index in [0.717, 1.165) is 37.6 Å². The summed E-state index contributed by atoms with van der Waals surface area (Å²) in [6.07, 6.45) is 4.84. The van der Waals surface area contributed by atoms with Gasteiger partial charge in [0.1, 0.15) is 5.82 Å². The van der Waals surface area contributed by atoms with Gasteiger partial charge >= 0.3 is 0 Å². The molecular formula is C17H24FN5. The third kappa shape index (κ3) is 6.10. The zero-order valence-electron chi connectivity index (χ0n) is 13.7. The Bertz CT molecular complexity index is 635. The molecule has 23 heavy (non-hydrogen) atoms. The number of hydrogen-bond donors (Lipinski definition) is 2. The van der Waals surface area contributed by atoms with Crippen molar-refractivity contribution in [3.8, 4) is 0 Å². The van der Waals surface area contributed by atoms with Crippen molar-refractivity contribution in [2.75, 3.05) is 13.1 Å². The first-order chi connectivity index (χ1) is 11.2. The molecule has 1 aromatic carbocycles. The highest BCUT2D eigenvalue weighted by molar-refractivity contribution is 5.79. The second kappa shape index (κ2) is 8.92. The molecule has 0 radical (unpaired) electrons. The molecule has 1 aromatic heterocycles. The number of nitrogens with one attached hydrogen (secondary N) is 2. The van der Waals surface area contributed by atoms with Crippen molar-refractivity contribution in [1.29, 1.82) is 0 Å². The fourth-order valence-electron chi connectivity index (χ4n) is 2.18. The summed E-state index contributed by atoms with van der Waals surface area (Å²) in [5.41, 5.74) is 2.03. The van der Waals surface area contributed by atoms with Crippen LogP contribution in [0.2, 0.25) is 0 Å². The van der Waals surface area contributed by atoms with Gasteiger partial charge in [-0.3, -0.25) is 4.68 Å². The Morgan fingerprint density at radius 2 is 2.22 bits per heavy atom. The maximum Gasteiger partial charge on any atom is 0.191 e. The molecule has 0 spiro atoms. The Morgan fingerprint density at radius 3 is 2.91 bits per heavy atom. The molecular weight excluding hydrogens is 293 g/mol. The van der Waals surface area contributed by atoms with Gasteiger partial charge in [-0.1, -0.05) is 12.1 Å². The molecule has 0 aliphatic rings. The zero-order chi connectivity index (χ0) is 16.5. The van der Waals surface area contributed by atoms with Crippen molar-refractivity contribution in [3.05, 3.63) is 53.6 Å². The van der Waals surface area contributed by atoms with E-state index < -0.39 is 0 Å². The van der Waals surface area contributed by atoms with Crippen LogP contribution in [0.4, 0.5) is 4.39 Å². The first-order valence-corrected chi connectivity index (χ1v) is 7.93. The predicted octanol–water partition coefficient (Wildman–Crippen LogP) is 2.48. The van der Waals surface area contributed by atoms with Gasteiger partial charge in [0, 0.05) is 25.8 Å². The summed E-state index contributed by atoms with van der Waals surface area (Å²) in [5, 5.41) is 10.7. The highest BCUT2D eigenvalue weighted by Gasteiger charge is 1.99. The molecule has 0 aliphatic heterocycles. The minimum Gasteiger partial charge on any atom is -0.357 e. The van der Waals surface area contributed by atoms with Gasteiger partial charge in [-0.05, 0) is 43.5 Å². The van der Waals surface area contributed by atoms with E-state index in [1.54, 1.807) is 6.07 Å². The summed E-state index contributed by atoms with van der Waals surface area (Å²) in [6, 6.07) is 6.52. The Kier molecular flexibility index (Phi) is 6.59. The lowest BCUT2D eigenvalue weighted by molar-refractivity contribution is 0.570. The summed E-state index contributed by atoms with van der Waals surface area (Å²) >= 11 is 0. The van der Waals surface area contributed by atoms with Gasteiger partial charge in [0.25, 0.3) is 0 Å². The van der Waals surface area contributed by atoms with Crippen molar-refractivity contribution < 1.29 is 4.39 Å². The maximum absolute atomic E-state index is 13.2. The van der Waals surface area contributed by atoms with E-state index in [1.807, 2.05) is 37.0 Å². The zero-order valence-corrected chi connectivity index (χ0v) is 13.7. The van der Waals surface area contributed by atoms with E-state index in [2.05, 4.69) is 20.7 Å². The van der Waals surface area contributed by atoms with E-state index in [-0.39, 0.29) is 5.82 Å². The molecule has 0 fully saturated rings. The standard InChI is InChI=1S/C17H24FN5/c1-3-19-17(21-12-15-6-4-7-16(18)10-15)20-8-5-9-23-13-14(2)11-22-23/h4,6-7,10-11,13H,3,5,8-9,12H2,1-2H3,(H2,19,20,21). The number of benzene rings is 1. The van der Waals surface area contributed by atoms with Crippen molar-refractivity contribution in [2.45, 2.75) is 33.4 Å². The number of aliphatic imine (C=N–C) groups is 1. The third-order valence-corrected chi connectivity index (χ3v) is 3.27. The topological polar surface area (TPSA) is 54.2 Å². The molecule has 2 rings (SSSR count). The molecule has 124 valence electrons. The van der Waals surface area contributed by atoms with Crippen molar-refractivity contribution in [2.24, 2.45) is 4.99 Å². The summed E-state index contributed by atoms with van der Waals surface area (Å²) in [6.45, 7) is 6.95. The number of aryl methyl sites for hydroxylation is 2. The van der Waals surface area contributed by atoms with E-state index in [4.69, 9.17) is 0 Å². The minimum absolute atomic E-state index is 0.231. The molecule has 0 amide bonds. The molecule has 0 aliphatic carbocycles. The molecule has 0 unspecified atom stereocenters.